The lowest BCUT2D eigenvalue weighted by atomic mass is 9.70. The highest BCUT2D eigenvalue weighted by atomic mass is 15.0. The third-order valence-electron chi connectivity index (χ3n) is 6.61. The fourth-order valence-electron chi connectivity index (χ4n) is 6.07. The van der Waals surface area contributed by atoms with Crippen LogP contribution in [0.2, 0.25) is 0 Å². The van der Waals surface area contributed by atoms with Gasteiger partial charge in [0.2, 0.25) is 0 Å². The molecule has 0 aromatic heterocycles. The second kappa shape index (κ2) is 17.0. The Morgan fingerprint density at radius 1 is 0.514 bits per heavy atom. The van der Waals surface area contributed by atoms with E-state index in [9.17, 15) is 0 Å². The van der Waals surface area contributed by atoms with Gasteiger partial charge in [0.05, 0.1) is 0 Å². The molecule has 0 unspecified atom stereocenters. The Morgan fingerprint density at radius 2 is 0.886 bits per heavy atom. The van der Waals surface area contributed by atoms with Crippen LogP contribution in [-0.2, 0) is 0 Å². The van der Waals surface area contributed by atoms with E-state index >= 15 is 0 Å². The van der Waals surface area contributed by atoms with Crippen molar-refractivity contribution in [2.45, 2.75) is 147 Å². The number of rotatable bonds is 18. The zero-order valence-electron chi connectivity index (χ0n) is 26.8. The quantitative estimate of drug-likeness (QED) is 0.189. The lowest BCUT2D eigenvalue weighted by Gasteiger charge is -2.43. The maximum atomic E-state index is 4.27. The first-order valence-electron chi connectivity index (χ1n) is 15.2. The molecule has 0 bridgehead atoms. The van der Waals surface area contributed by atoms with Crippen LogP contribution in [0.3, 0.4) is 0 Å². The van der Waals surface area contributed by atoms with Crippen molar-refractivity contribution < 1.29 is 0 Å². The normalized spacial score (nSPS) is 12.8. The summed E-state index contributed by atoms with van der Waals surface area (Å²) in [5.41, 5.74) is 5.25. The number of nitrogens with one attached hydrogen (secondary N) is 1. The summed E-state index contributed by atoms with van der Waals surface area (Å²) < 4.78 is 0. The summed E-state index contributed by atoms with van der Waals surface area (Å²) in [6, 6.07) is 0. The maximum absolute atomic E-state index is 4.27. The lowest BCUT2D eigenvalue weighted by molar-refractivity contribution is 0.256. The molecule has 0 radical (unpaired) electrons. The highest BCUT2D eigenvalue weighted by Crippen LogP contribution is 2.40. The predicted octanol–water partition coefficient (Wildman–Crippen LogP) is 10.9. The topological polar surface area (TPSA) is 12.0 Å². The Kier molecular flexibility index (Phi) is 16.8. The average Bonchev–Trinajstić information content (AvgIpc) is 2.62. The zero-order valence-corrected chi connectivity index (χ0v) is 26.8. The highest BCUT2D eigenvalue weighted by Gasteiger charge is 2.37. The summed E-state index contributed by atoms with van der Waals surface area (Å²) in [4.78, 5) is 0. The third kappa shape index (κ3) is 15.3. The van der Waals surface area contributed by atoms with Crippen molar-refractivity contribution in [2.24, 2.45) is 41.4 Å². The summed E-state index contributed by atoms with van der Waals surface area (Å²) in [7, 11) is 0. The molecule has 0 aromatic carbocycles. The fourth-order valence-corrected chi connectivity index (χ4v) is 6.07. The molecule has 0 saturated heterocycles. The summed E-state index contributed by atoms with van der Waals surface area (Å²) in [5.74, 6) is 4.84. The van der Waals surface area contributed by atoms with E-state index in [4.69, 9.17) is 0 Å². The molecule has 0 rings (SSSR count). The predicted molar refractivity (Wildman–Crippen MR) is 162 cm³/mol. The van der Waals surface area contributed by atoms with Crippen molar-refractivity contribution >= 4 is 0 Å². The molecule has 1 heteroatoms. The van der Waals surface area contributed by atoms with Crippen molar-refractivity contribution in [1.82, 2.24) is 5.32 Å². The summed E-state index contributed by atoms with van der Waals surface area (Å²) >= 11 is 0. The molecule has 0 aliphatic rings. The van der Waals surface area contributed by atoms with E-state index in [1.807, 2.05) is 0 Å². The molecule has 0 spiro atoms. The summed E-state index contributed by atoms with van der Waals surface area (Å²) in [5, 5.41) is 4.27. The Labute approximate surface area is 223 Å². The van der Waals surface area contributed by atoms with Crippen molar-refractivity contribution in [2.75, 3.05) is 6.54 Å². The van der Waals surface area contributed by atoms with Gasteiger partial charge in [-0.05, 0) is 86.4 Å². The van der Waals surface area contributed by atoms with Crippen LogP contribution in [-0.4, -0.2) is 12.1 Å². The van der Waals surface area contributed by atoms with Gasteiger partial charge in [-0.3, -0.25) is 0 Å². The highest BCUT2D eigenvalue weighted by molar-refractivity contribution is 5.29. The van der Waals surface area contributed by atoms with Gasteiger partial charge in [0.15, 0.2) is 0 Å². The molecule has 0 aliphatic heterocycles. The first-order valence-corrected chi connectivity index (χ1v) is 15.2. The Bertz CT molecular complexity index is 579. The average molecular weight is 490 g/mol. The van der Waals surface area contributed by atoms with E-state index in [0.717, 1.165) is 18.4 Å². The largest absolute Gasteiger partial charge is 0.304 e. The molecule has 208 valence electrons. The lowest BCUT2D eigenvalue weighted by Crippen LogP contribution is -2.50. The van der Waals surface area contributed by atoms with Gasteiger partial charge in [-0.15, -0.1) is 0 Å². The molecule has 0 aromatic rings. The second-order valence-electron chi connectivity index (χ2n) is 14.6. The first kappa shape index (κ1) is 34.4. The molecule has 0 aliphatic carbocycles. The molecule has 35 heavy (non-hydrogen) atoms. The SMILES string of the molecule is CC(C)CC(=CCNC(CC(C)C)(CC(C)C)C(CC(C)C)=C(CC(C)C)CC(C)C)CC(C)C. The van der Waals surface area contributed by atoms with Gasteiger partial charge in [0.1, 0.15) is 0 Å². The zero-order chi connectivity index (χ0) is 27.3. The van der Waals surface area contributed by atoms with E-state index in [-0.39, 0.29) is 5.54 Å². The smallest absolute Gasteiger partial charge is 0.0403 e. The molecule has 0 atom stereocenters. The Morgan fingerprint density at radius 3 is 1.20 bits per heavy atom. The van der Waals surface area contributed by atoms with Crippen LogP contribution in [0.4, 0.5) is 0 Å². The van der Waals surface area contributed by atoms with E-state index in [2.05, 4.69) is 108 Å². The minimum absolute atomic E-state index is 0.0863. The van der Waals surface area contributed by atoms with Gasteiger partial charge < -0.3 is 5.32 Å². The monoisotopic (exact) mass is 490 g/mol. The van der Waals surface area contributed by atoms with E-state index < -0.39 is 0 Å². The van der Waals surface area contributed by atoms with Crippen molar-refractivity contribution in [3.05, 3.63) is 22.8 Å². The molecule has 0 amide bonds. The van der Waals surface area contributed by atoms with Crippen LogP contribution in [0, 0.1) is 41.4 Å². The summed E-state index contributed by atoms with van der Waals surface area (Å²) in [6.45, 7) is 34.6. The van der Waals surface area contributed by atoms with Crippen LogP contribution >= 0.6 is 0 Å². The maximum Gasteiger partial charge on any atom is 0.0403 e. The molecular formula is C34H67N. The van der Waals surface area contributed by atoms with Crippen molar-refractivity contribution in [3.63, 3.8) is 0 Å². The standard InChI is InChI=1S/C34H67N/c1-24(2)17-31(18-25(3)4)15-16-35-34(22-29(11)12,23-30(13)14)33(21-28(9)10)32(19-26(5)6)20-27(7)8/h15,24-30,35H,16-23H2,1-14H3. The molecule has 1 nitrogen and oxygen atoms in total. The fraction of sp³-hybridized carbons (Fsp3) is 0.882. The van der Waals surface area contributed by atoms with Crippen LogP contribution < -0.4 is 5.32 Å². The third-order valence-corrected chi connectivity index (χ3v) is 6.61. The van der Waals surface area contributed by atoms with Gasteiger partial charge in [0.25, 0.3) is 0 Å². The molecule has 0 saturated carbocycles. The van der Waals surface area contributed by atoms with Gasteiger partial charge in [0, 0.05) is 12.1 Å². The van der Waals surface area contributed by atoms with Crippen LogP contribution in [0.15, 0.2) is 22.8 Å². The van der Waals surface area contributed by atoms with Gasteiger partial charge in [-0.25, -0.2) is 0 Å². The Hall–Kier alpha value is -0.560. The summed E-state index contributed by atoms with van der Waals surface area (Å²) in [6.07, 6.45) is 11.2. The first-order chi connectivity index (χ1) is 16.1. The van der Waals surface area contributed by atoms with Gasteiger partial charge in [-0.2, -0.15) is 0 Å². The van der Waals surface area contributed by atoms with Crippen LogP contribution in [0.1, 0.15) is 142 Å². The number of allylic oxidation sites excluding steroid dienone is 2. The minimum atomic E-state index is 0.0863. The van der Waals surface area contributed by atoms with Gasteiger partial charge in [-0.1, -0.05) is 120 Å². The minimum Gasteiger partial charge on any atom is -0.304 e. The van der Waals surface area contributed by atoms with Crippen LogP contribution in [0.25, 0.3) is 0 Å². The van der Waals surface area contributed by atoms with Crippen molar-refractivity contribution in [1.29, 1.82) is 0 Å². The number of hydrogen-bond acceptors (Lipinski definition) is 1. The van der Waals surface area contributed by atoms with Gasteiger partial charge >= 0.3 is 0 Å². The number of hydrogen-bond donors (Lipinski definition) is 1. The van der Waals surface area contributed by atoms with Crippen LogP contribution in [0.5, 0.6) is 0 Å². The molecule has 1 N–H and O–H groups in total. The second-order valence-corrected chi connectivity index (χ2v) is 14.6. The molecule has 0 heterocycles. The van der Waals surface area contributed by atoms with Crippen molar-refractivity contribution in [3.8, 4) is 0 Å². The van der Waals surface area contributed by atoms with E-state index in [1.54, 1.807) is 16.7 Å². The Balaban J connectivity index is 6.73. The molecule has 0 fully saturated rings. The van der Waals surface area contributed by atoms with E-state index in [1.165, 1.54) is 44.9 Å². The van der Waals surface area contributed by atoms with E-state index in [0.29, 0.717) is 29.6 Å². The molecular weight excluding hydrogens is 422 g/mol.